The van der Waals surface area contributed by atoms with Crippen molar-refractivity contribution in [2.45, 2.75) is 39.5 Å². The molecule has 0 spiro atoms. The first-order valence-electron chi connectivity index (χ1n) is 7.54. The number of aryl methyl sites for hydroxylation is 1. The predicted molar refractivity (Wildman–Crippen MR) is 79.3 cm³/mol. The molecule has 0 aliphatic carbocycles. The van der Waals surface area contributed by atoms with Crippen LogP contribution in [-0.2, 0) is 0 Å². The summed E-state index contributed by atoms with van der Waals surface area (Å²) in [5.74, 6) is 2.58. The Bertz CT molecular complexity index is 372. The Kier molecular flexibility index (Phi) is 5.58. The van der Waals surface area contributed by atoms with Gasteiger partial charge in [0.2, 0.25) is 0 Å². The number of nitrogens with zero attached hydrogens (tertiary/aromatic N) is 3. The smallest absolute Gasteiger partial charge is 0.129 e. The maximum absolute atomic E-state index is 4.38. The summed E-state index contributed by atoms with van der Waals surface area (Å²) in [7, 11) is 0. The van der Waals surface area contributed by atoms with Crippen LogP contribution in [-0.4, -0.2) is 41.0 Å². The van der Waals surface area contributed by atoms with E-state index in [9.17, 15) is 0 Å². The molecule has 0 bridgehead atoms. The van der Waals surface area contributed by atoms with Crippen LogP contribution in [0.25, 0.3) is 0 Å². The van der Waals surface area contributed by atoms with Crippen molar-refractivity contribution in [3.8, 4) is 0 Å². The van der Waals surface area contributed by atoms with Crippen LogP contribution in [0.15, 0.2) is 12.3 Å². The van der Waals surface area contributed by atoms with Crippen LogP contribution in [0.4, 0.5) is 5.82 Å². The fraction of sp³-hybridized carbons (Fsp3) is 0.733. The van der Waals surface area contributed by atoms with Crippen molar-refractivity contribution in [1.82, 2.24) is 14.9 Å². The number of unbranched alkanes of at least 4 members (excludes halogenated alkanes) is 1. The number of anilines is 1. The van der Waals surface area contributed by atoms with E-state index in [1.807, 2.05) is 19.2 Å². The molecule has 0 radical (unpaired) electrons. The summed E-state index contributed by atoms with van der Waals surface area (Å²) in [4.78, 5) is 11.1. The summed E-state index contributed by atoms with van der Waals surface area (Å²) in [6.45, 7) is 9.03. The number of rotatable bonds is 6. The minimum absolute atomic E-state index is 0.785. The van der Waals surface area contributed by atoms with Gasteiger partial charge < -0.3 is 10.2 Å². The molecule has 4 nitrogen and oxygen atoms in total. The summed E-state index contributed by atoms with van der Waals surface area (Å²) in [6.07, 6.45) is 7.07. The lowest BCUT2D eigenvalue weighted by molar-refractivity contribution is 0.187. The van der Waals surface area contributed by atoms with Crippen LogP contribution in [0, 0.1) is 12.8 Å². The Hall–Kier alpha value is -1.16. The summed E-state index contributed by atoms with van der Waals surface area (Å²) in [5.41, 5.74) is 0. The van der Waals surface area contributed by atoms with Crippen LogP contribution in [0.5, 0.6) is 0 Å². The lowest BCUT2D eigenvalue weighted by Crippen LogP contribution is -2.36. The van der Waals surface area contributed by atoms with Gasteiger partial charge in [-0.15, -0.1) is 0 Å². The molecule has 2 rings (SSSR count). The van der Waals surface area contributed by atoms with Gasteiger partial charge in [-0.3, -0.25) is 0 Å². The zero-order valence-electron chi connectivity index (χ0n) is 12.2. The van der Waals surface area contributed by atoms with E-state index in [0.29, 0.717) is 0 Å². The molecule has 0 amide bonds. The van der Waals surface area contributed by atoms with E-state index in [1.165, 1.54) is 45.3 Å². The Morgan fingerprint density at radius 1 is 1.37 bits per heavy atom. The molecule has 0 atom stereocenters. The fourth-order valence-electron chi connectivity index (χ4n) is 2.60. The van der Waals surface area contributed by atoms with E-state index < -0.39 is 0 Å². The third-order valence-electron chi connectivity index (χ3n) is 3.88. The molecular weight excluding hydrogens is 236 g/mol. The second kappa shape index (κ2) is 7.43. The second-order valence-corrected chi connectivity index (χ2v) is 5.51. The van der Waals surface area contributed by atoms with Gasteiger partial charge in [-0.2, -0.15) is 0 Å². The van der Waals surface area contributed by atoms with Crippen molar-refractivity contribution < 1.29 is 0 Å². The second-order valence-electron chi connectivity index (χ2n) is 5.51. The number of hydrogen-bond donors (Lipinski definition) is 1. The van der Waals surface area contributed by atoms with Crippen LogP contribution in [0.3, 0.4) is 0 Å². The van der Waals surface area contributed by atoms with Gasteiger partial charge in [-0.1, -0.05) is 13.3 Å². The van der Waals surface area contributed by atoms with Gasteiger partial charge >= 0.3 is 0 Å². The maximum atomic E-state index is 4.38. The van der Waals surface area contributed by atoms with Crippen molar-refractivity contribution in [1.29, 1.82) is 0 Å². The average molecular weight is 262 g/mol. The summed E-state index contributed by atoms with van der Waals surface area (Å²) >= 11 is 0. The molecule has 1 aliphatic heterocycles. The summed E-state index contributed by atoms with van der Waals surface area (Å²) < 4.78 is 0. The first-order valence-corrected chi connectivity index (χ1v) is 7.54. The Labute approximate surface area is 116 Å². The van der Waals surface area contributed by atoms with Gasteiger partial charge in [0.25, 0.3) is 0 Å². The van der Waals surface area contributed by atoms with Crippen molar-refractivity contribution >= 4 is 5.82 Å². The largest absolute Gasteiger partial charge is 0.370 e. The highest BCUT2D eigenvalue weighted by Gasteiger charge is 2.18. The minimum Gasteiger partial charge on any atom is -0.370 e. The average Bonchev–Trinajstić information content (AvgIpc) is 2.44. The molecule has 106 valence electrons. The summed E-state index contributed by atoms with van der Waals surface area (Å²) in [5, 5.41) is 3.44. The van der Waals surface area contributed by atoms with Gasteiger partial charge in [0.1, 0.15) is 11.6 Å². The van der Waals surface area contributed by atoms with Crippen LogP contribution in [0.2, 0.25) is 0 Å². The summed E-state index contributed by atoms with van der Waals surface area (Å²) in [6, 6.07) is 1.95. The van der Waals surface area contributed by atoms with E-state index >= 15 is 0 Å². The monoisotopic (exact) mass is 262 g/mol. The topological polar surface area (TPSA) is 41.0 Å². The molecule has 1 aromatic rings. The van der Waals surface area contributed by atoms with Crippen molar-refractivity contribution in [2.75, 3.05) is 31.5 Å². The van der Waals surface area contributed by atoms with E-state index in [1.54, 1.807) is 0 Å². The molecule has 4 heteroatoms. The quantitative estimate of drug-likeness (QED) is 0.856. The molecular formula is C15H26N4. The molecule has 0 aromatic carbocycles. The van der Waals surface area contributed by atoms with E-state index in [4.69, 9.17) is 0 Å². The van der Waals surface area contributed by atoms with Gasteiger partial charge in [-0.25, -0.2) is 9.97 Å². The minimum atomic E-state index is 0.785. The molecule has 0 saturated carbocycles. The Morgan fingerprint density at radius 2 is 2.16 bits per heavy atom. The molecule has 19 heavy (non-hydrogen) atoms. The Morgan fingerprint density at radius 3 is 2.84 bits per heavy atom. The fourth-order valence-corrected chi connectivity index (χ4v) is 2.60. The number of nitrogens with one attached hydrogen (secondary N) is 1. The highest BCUT2D eigenvalue weighted by atomic mass is 15.1. The maximum Gasteiger partial charge on any atom is 0.129 e. The molecule has 2 heterocycles. The Balaban J connectivity index is 1.68. The van der Waals surface area contributed by atoms with Gasteiger partial charge in [-0.05, 0) is 57.8 Å². The zero-order chi connectivity index (χ0) is 13.5. The first kappa shape index (κ1) is 14.3. The molecule has 1 fully saturated rings. The zero-order valence-corrected chi connectivity index (χ0v) is 12.2. The van der Waals surface area contributed by atoms with Gasteiger partial charge in [0.05, 0.1) is 0 Å². The van der Waals surface area contributed by atoms with Crippen molar-refractivity contribution in [3.05, 3.63) is 18.1 Å². The molecule has 1 N–H and O–H groups in total. The highest BCUT2D eigenvalue weighted by molar-refractivity contribution is 5.32. The number of likely N-dealkylation sites (tertiary alicyclic amines) is 1. The number of piperidine rings is 1. The molecule has 0 unspecified atom stereocenters. The highest BCUT2D eigenvalue weighted by Crippen LogP contribution is 2.18. The SMILES string of the molecule is CCCCN1CCC(CNc2ccnc(C)n2)CC1. The van der Waals surface area contributed by atoms with Crippen LogP contribution in [0.1, 0.15) is 38.4 Å². The molecule has 1 saturated heterocycles. The number of hydrogen-bond acceptors (Lipinski definition) is 4. The van der Waals surface area contributed by atoms with Crippen LogP contribution >= 0.6 is 0 Å². The predicted octanol–water partition coefficient (Wildman–Crippen LogP) is 2.71. The third-order valence-corrected chi connectivity index (χ3v) is 3.88. The normalized spacial score (nSPS) is 17.6. The van der Waals surface area contributed by atoms with Gasteiger partial charge in [0, 0.05) is 12.7 Å². The van der Waals surface area contributed by atoms with Gasteiger partial charge in [0.15, 0.2) is 0 Å². The van der Waals surface area contributed by atoms with Crippen LogP contribution < -0.4 is 5.32 Å². The molecule has 1 aromatic heterocycles. The third kappa shape index (κ3) is 4.78. The van der Waals surface area contributed by atoms with E-state index in [0.717, 1.165) is 24.1 Å². The standard InChI is InChI=1S/C15H26N4/c1-3-4-9-19-10-6-14(7-11-19)12-17-15-5-8-16-13(2)18-15/h5,8,14H,3-4,6-7,9-12H2,1-2H3,(H,16,17,18). The van der Waals surface area contributed by atoms with Crippen molar-refractivity contribution in [3.63, 3.8) is 0 Å². The lowest BCUT2D eigenvalue weighted by atomic mass is 9.96. The first-order chi connectivity index (χ1) is 9.28. The van der Waals surface area contributed by atoms with E-state index in [-0.39, 0.29) is 0 Å². The van der Waals surface area contributed by atoms with Crippen molar-refractivity contribution in [2.24, 2.45) is 5.92 Å². The number of aromatic nitrogens is 2. The van der Waals surface area contributed by atoms with E-state index in [2.05, 4.69) is 27.1 Å². The molecule has 1 aliphatic rings. The lowest BCUT2D eigenvalue weighted by Gasteiger charge is -2.32.